The lowest BCUT2D eigenvalue weighted by molar-refractivity contribution is 0.588. The zero-order chi connectivity index (χ0) is 12.1. The monoisotopic (exact) mass is 255 g/mol. The molecule has 4 nitrogen and oxygen atoms in total. The lowest BCUT2D eigenvalue weighted by Crippen LogP contribution is -2.24. The molecule has 0 radical (unpaired) electrons. The van der Waals surface area contributed by atoms with E-state index in [-0.39, 0.29) is 22.8 Å². The molecule has 0 aromatic rings. The molecule has 0 aromatic carbocycles. The Morgan fingerprint density at radius 1 is 1.20 bits per heavy atom. The van der Waals surface area contributed by atoms with Crippen molar-refractivity contribution in [2.45, 2.75) is 38.5 Å². The fourth-order valence-corrected chi connectivity index (χ4v) is 3.85. The van der Waals surface area contributed by atoms with Crippen molar-refractivity contribution >= 4 is 20.6 Å². The third-order valence-electron chi connectivity index (χ3n) is 2.11. The summed E-state index contributed by atoms with van der Waals surface area (Å²) in [6.07, 6.45) is 0.675. The highest BCUT2D eigenvalue weighted by atomic mass is 32.2. The summed E-state index contributed by atoms with van der Waals surface area (Å²) in [5.41, 5.74) is 5.52. The second-order valence-electron chi connectivity index (χ2n) is 4.03. The van der Waals surface area contributed by atoms with E-state index in [1.165, 1.54) is 0 Å². The van der Waals surface area contributed by atoms with Gasteiger partial charge in [-0.1, -0.05) is 0 Å². The Bertz CT molecular complexity index is 296. The van der Waals surface area contributed by atoms with Gasteiger partial charge < -0.3 is 5.73 Å². The topological polar surface area (TPSA) is 77.2 Å². The van der Waals surface area contributed by atoms with Crippen LogP contribution in [0.25, 0.3) is 0 Å². The molecule has 0 spiro atoms. The highest BCUT2D eigenvalue weighted by Crippen LogP contribution is 2.02. The molecule has 15 heavy (non-hydrogen) atoms. The summed E-state index contributed by atoms with van der Waals surface area (Å²) < 4.78 is 34.2. The van der Waals surface area contributed by atoms with Crippen molar-refractivity contribution in [2.24, 2.45) is 5.73 Å². The molecule has 92 valence electrons. The largest absolute Gasteiger partial charge is 0.328 e. The van der Waals surface area contributed by atoms with Gasteiger partial charge in [-0.3, -0.25) is 4.21 Å². The molecule has 0 amide bonds. The molecule has 0 aliphatic carbocycles. The minimum atomic E-state index is -3.06. The molecular weight excluding hydrogens is 234 g/mol. The highest BCUT2D eigenvalue weighted by Gasteiger charge is 2.17. The van der Waals surface area contributed by atoms with Crippen LogP contribution in [-0.2, 0) is 20.6 Å². The summed E-state index contributed by atoms with van der Waals surface area (Å²) in [6, 6.07) is 0.0238. The Kier molecular flexibility index (Phi) is 6.63. The molecule has 0 aromatic heterocycles. The van der Waals surface area contributed by atoms with Crippen LogP contribution in [0.15, 0.2) is 0 Å². The zero-order valence-electron chi connectivity index (χ0n) is 9.60. The van der Waals surface area contributed by atoms with E-state index in [0.717, 1.165) is 0 Å². The van der Waals surface area contributed by atoms with Crippen molar-refractivity contribution in [2.75, 3.05) is 17.3 Å². The number of rotatable bonds is 7. The van der Waals surface area contributed by atoms with Crippen molar-refractivity contribution in [1.82, 2.24) is 0 Å². The van der Waals surface area contributed by atoms with Gasteiger partial charge in [-0.2, -0.15) is 0 Å². The van der Waals surface area contributed by atoms with Crippen LogP contribution in [0, 0.1) is 0 Å². The minimum Gasteiger partial charge on any atom is -0.328 e. The number of hydrogen-bond donors (Lipinski definition) is 1. The maximum absolute atomic E-state index is 11.4. The molecule has 0 fully saturated rings. The van der Waals surface area contributed by atoms with Crippen LogP contribution in [0.4, 0.5) is 0 Å². The first kappa shape index (κ1) is 15.1. The highest BCUT2D eigenvalue weighted by molar-refractivity contribution is 7.93. The summed E-state index contributed by atoms with van der Waals surface area (Å²) in [5, 5.41) is -0.386. The standard InChI is InChI=1S/C9H21NO3S2/c1-8(2)15(12,13)7-6-14(11)5-4-9(3)10/h8-9H,4-7,10H2,1-3H3. The van der Waals surface area contributed by atoms with Crippen molar-refractivity contribution in [3.63, 3.8) is 0 Å². The molecule has 0 saturated carbocycles. The molecule has 0 aliphatic rings. The van der Waals surface area contributed by atoms with Gasteiger partial charge in [-0.25, -0.2) is 8.42 Å². The fraction of sp³-hybridized carbons (Fsp3) is 1.00. The maximum atomic E-state index is 11.4. The van der Waals surface area contributed by atoms with Crippen LogP contribution < -0.4 is 5.73 Å². The smallest absolute Gasteiger partial charge is 0.153 e. The van der Waals surface area contributed by atoms with E-state index in [4.69, 9.17) is 5.73 Å². The predicted molar refractivity (Wildman–Crippen MR) is 65.1 cm³/mol. The van der Waals surface area contributed by atoms with Gasteiger partial charge in [0.2, 0.25) is 0 Å². The van der Waals surface area contributed by atoms with E-state index in [2.05, 4.69) is 0 Å². The maximum Gasteiger partial charge on any atom is 0.153 e. The Balaban J connectivity index is 3.92. The van der Waals surface area contributed by atoms with Crippen LogP contribution in [-0.4, -0.2) is 41.2 Å². The molecule has 2 atom stereocenters. The van der Waals surface area contributed by atoms with Crippen molar-refractivity contribution < 1.29 is 12.6 Å². The Hall–Kier alpha value is 0.0600. The first-order valence-electron chi connectivity index (χ1n) is 5.08. The molecule has 0 heterocycles. The number of hydrogen-bond acceptors (Lipinski definition) is 4. The number of nitrogens with two attached hydrogens (primary N) is 1. The average Bonchev–Trinajstić information content (AvgIpc) is 2.11. The minimum absolute atomic E-state index is 0.0101. The van der Waals surface area contributed by atoms with E-state index >= 15 is 0 Å². The Morgan fingerprint density at radius 3 is 2.13 bits per heavy atom. The van der Waals surface area contributed by atoms with Gasteiger partial charge in [-0.05, 0) is 27.2 Å². The average molecular weight is 255 g/mol. The van der Waals surface area contributed by atoms with E-state index in [9.17, 15) is 12.6 Å². The van der Waals surface area contributed by atoms with Crippen LogP contribution >= 0.6 is 0 Å². The number of sulfone groups is 1. The molecule has 0 saturated heterocycles. The molecular formula is C9H21NO3S2. The fourth-order valence-electron chi connectivity index (χ4n) is 0.864. The molecule has 2 unspecified atom stereocenters. The predicted octanol–water partition coefficient (Wildman–Crippen LogP) is 0.296. The van der Waals surface area contributed by atoms with Crippen LogP contribution in [0.5, 0.6) is 0 Å². The van der Waals surface area contributed by atoms with Crippen molar-refractivity contribution in [3.8, 4) is 0 Å². The second-order valence-corrected chi connectivity index (χ2v) is 8.40. The van der Waals surface area contributed by atoms with Gasteiger partial charge in [0, 0.05) is 28.3 Å². The third-order valence-corrected chi connectivity index (χ3v) is 5.93. The second kappa shape index (κ2) is 6.60. The lowest BCUT2D eigenvalue weighted by Gasteiger charge is -2.08. The van der Waals surface area contributed by atoms with Gasteiger partial charge in [0.15, 0.2) is 9.84 Å². The van der Waals surface area contributed by atoms with Crippen LogP contribution in [0.2, 0.25) is 0 Å². The zero-order valence-corrected chi connectivity index (χ0v) is 11.2. The van der Waals surface area contributed by atoms with Crippen molar-refractivity contribution in [1.29, 1.82) is 0 Å². The molecule has 2 N–H and O–H groups in total. The first-order valence-corrected chi connectivity index (χ1v) is 8.28. The molecule has 0 rings (SSSR count). The van der Waals surface area contributed by atoms with Crippen molar-refractivity contribution in [3.05, 3.63) is 0 Å². The third kappa shape index (κ3) is 7.03. The molecule has 6 heteroatoms. The van der Waals surface area contributed by atoms with Crippen LogP contribution in [0.3, 0.4) is 0 Å². The normalized spacial score (nSPS) is 16.6. The summed E-state index contributed by atoms with van der Waals surface area (Å²) in [4.78, 5) is 0. The van der Waals surface area contributed by atoms with Gasteiger partial charge in [0.1, 0.15) is 0 Å². The SMILES string of the molecule is CC(N)CCS(=O)CCS(=O)(=O)C(C)C. The molecule has 0 bridgehead atoms. The Labute approximate surface area is 95.0 Å². The summed E-state index contributed by atoms with van der Waals surface area (Å²) in [7, 11) is -4.12. The first-order chi connectivity index (χ1) is 6.75. The van der Waals surface area contributed by atoms with Gasteiger partial charge in [0.05, 0.1) is 11.0 Å². The van der Waals surface area contributed by atoms with E-state index in [1.807, 2.05) is 6.92 Å². The van der Waals surface area contributed by atoms with Gasteiger partial charge in [0.25, 0.3) is 0 Å². The summed E-state index contributed by atoms with van der Waals surface area (Å²) in [6.45, 7) is 5.13. The van der Waals surface area contributed by atoms with E-state index in [1.54, 1.807) is 13.8 Å². The quantitative estimate of drug-likeness (QED) is 0.709. The van der Waals surface area contributed by atoms with Gasteiger partial charge >= 0.3 is 0 Å². The van der Waals surface area contributed by atoms with Gasteiger partial charge in [-0.15, -0.1) is 0 Å². The lowest BCUT2D eigenvalue weighted by atomic mass is 10.3. The van der Waals surface area contributed by atoms with E-state index in [0.29, 0.717) is 12.2 Å². The Morgan fingerprint density at radius 2 is 1.73 bits per heavy atom. The summed E-state index contributed by atoms with van der Waals surface area (Å²) >= 11 is 0. The summed E-state index contributed by atoms with van der Waals surface area (Å²) in [5.74, 6) is 0.731. The molecule has 0 aliphatic heterocycles. The van der Waals surface area contributed by atoms with E-state index < -0.39 is 20.6 Å². The van der Waals surface area contributed by atoms with Crippen LogP contribution in [0.1, 0.15) is 27.2 Å².